The maximum absolute atomic E-state index is 5.85. The van der Waals surface area contributed by atoms with E-state index in [0.717, 1.165) is 5.56 Å². The summed E-state index contributed by atoms with van der Waals surface area (Å²) >= 11 is 17.3. The van der Waals surface area contributed by atoms with Gasteiger partial charge in [-0.05, 0) is 30.2 Å². The molecule has 0 aliphatic rings. The number of hydrogen-bond acceptors (Lipinski definition) is 3. The van der Waals surface area contributed by atoms with Crippen molar-refractivity contribution in [1.82, 2.24) is 15.0 Å². The van der Waals surface area contributed by atoms with Gasteiger partial charge in [-0.1, -0.05) is 23.2 Å². The van der Waals surface area contributed by atoms with Crippen LogP contribution in [0.4, 0.5) is 0 Å². The van der Waals surface area contributed by atoms with Crippen molar-refractivity contribution in [3.8, 4) is 0 Å². The summed E-state index contributed by atoms with van der Waals surface area (Å²) < 4.78 is 0. The van der Waals surface area contributed by atoms with Crippen molar-refractivity contribution in [1.29, 1.82) is 0 Å². The van der Waals surface area contributed by atoms with Gasteiger partial charge in [-0.25, -0.2) is 15.0 Å². The van der Waals surface area contributed by atoms with Gasteiger partial charge in [0.05, 0.1) is 5.52 Å². The molecule has 0 aliphatic carbocycles. The van der Waals surface area contributed by atoms with Crippen molar-refractivity contribution >= 4 is 45.8 Å². The van der Waals surface area contributed by atoms with Gasteiger partial charge in [-0.3, -0.25) is 0 Å². The fraction of sp³-hybridized carbons (Fsp3) is 0.125. The molecule has 6 heteroatoms. The Morgan fingerprint density at radius 3 is 2.43 bits per heavy atom. The topological polar surface area (TPSA) is 38.7 Å². The lowest BCUT2D eigenvalue weighted by atomic mass is 10.2. The smallest absolute Gasteiger partial charge is 0.224 e. The van der Waals surface area contributed by atoms with E-state index in [2.05, 4.69) is 15.0 Å². The van der Waals surface area contributed by atoms with Gasteiger partial charge in [-0.15, -0.1) is 0 Å². The Morgan fingerprint density at radius 2 is 1.71 bits per heavy atom. The lowest BCUT2D eigenvalue weighted by Crippen LogP contribution is -1.92. The molecule has 0 amide bonds. The third-order valence-corrected chi connectivity index (χ3v) is 2.37. The molecule has 2 aromatic rings. The molecule has 0 spiro atoms. The molecule has 0 radical (unpaired) electrons. The first kappa shape index (κ1) is 9.90. The van der Waals surface area contributed by atoms with Crippen LogP contribution < -0.4 is 0 Å². The van der Waals surface area contributed by atoms with Gasteiger partial charge in [0, 0.05) is 0 Å². The van der Waals surface area contributed by atoms with Crippen molar-refractivity contribution in [3.05, 3.63) is 27.2 Å². The molecule has 0 saturated carbocycles. The summed E-state index contributed by atoms with van der Waals surface area (Å²) in [4.78, 5) is 11.8. The molecule has 2 aromatic heterocycles. The number of pyridine rings is 1. The molecule has 3 nitrogen and oxygen atoms in total. The Labute approximate surface area is 95.0 Å². The normalized spacial score (nSPS) is 10.9. The highest BCUT2D eigenvalue weighted by Crippen LogP contribution is 2.24. The highest BCUT2D eigenvalue weighted by Gasteiger charge is 2.09. The molecule has 2 rings (SSSR count). The molecule has 0 bridgehead atoms. The lowest BCUT2D eigenvalue weighted by Gasteiger charge is -2.02. The molecule has 0 aliphatic heterocycles. The zero-order valence-electron chi connectivity index (χ0n) is 7.05. The highest BCUT2D eigenvalue weighted by atomic mass is 35.5. The van der Waals surface area contributed by atoms with Crippen molar-refractivity contribution in [2.75, 3.05) is 0 Å². The zero-order chi connectivity index (χ0) is 10.3. The minimum absolute atomic E-state index is 0.106. The van der Waals surface area contributed by atoms with Crippen LogP contribution in [0.1, 0.15) is 5.56 Å². The Kier molecular flexibility index (Phi) is 2.47. The Bertz CT molecular complexity index is 465. The standard InChI is InChI=1S/C8H4Cl3N3/c1-3-2-4(9)12-6-5(3)13-8(11)14-7(6)10/h2H,1H3. The maximum atomic E-state index is 5.85. The van der Waals surface area contributed by atoms with Gasteiger partial charge in [-0.2, -0.15) is 0 Å². The van der Waals surface area contributed by atoms with Gasteiger partial charge in [0.25, 0.3) is 0 Å². The second-order valence-corrected chi connectivity index (χ2v) is 3.83. The molecule has 0 saturated heterocycles. The summed E-state index contributed by atoms with van der Waals surface area (Å²) in [6.07, 6.45) is 0. The third kappa shape index (κ3) is 1.63. The van der Waals surface area contributed by atoms with Crippen LogP contribution in [-0.4, -0.2) is 15.0 Å². The van der Waals surface area contributed by atoms with E-state index in [1.807, 2.05) is 6.92 Å². The van der Waals surface area contributed by atoms with Gasteiger partial charge in [0.1, 0.15) is 10.7 Å². The number of aromatic nitrogens is 3. The van der Waals surface area contributed by atoms with Crippen LogP contribution in [-0.2, 0) is 0 Å². The second-order valence-electron chi connectivity index (χ2n) is 2.74. The first-order valence-electron chi connectivity index (χ1n) is 3.74. The number of fused-ring (bicyclic) bond motifs is 1. The number of hydrogen-bond donors (Lipinski definition) is 0. The minimum Gasteiger partial charge on any atom is -0.231 e. The van der Waals surface area contributed by atoms with E-state index in [9.17, 15) is 0 Å². The zero-order valence-corrected chi connectivity index (χ0v) is 9.32. The van der Waals surface area contributed by atoms with Crippen molar-refractivity contribution in [2.45, 2.75) is 6.92 Å². The first-order valence-corrected chi connectivity index (χ1v) is 4.87. The summed E-state index contributed by atoms with van der Waals surface area (Å²) in [5, 5.41) is 0.683. The molecule has 0 aromatic carbocycles. The molecular weight excluding hydrogens is 244 g/mol. The average Bonchev–Trinajstić information content (AvgIpc) is 2.07. The molecule has 14 heavy (non-hydrogen) atoms. The van der Waals surface area contributed by atoms with Gasteiger partial charge in [0.2, 0.25) is 5.28 Å². The lowest BCUT2D eigenvalue weighted by molar-refractivity contribution is 1.18. The van der Waals surface area contributed by atoms with Crippen LogP contribution in [0.15, 0.2) is 6.07 Å². The quantitative estimate of drug-likeness (QED) is 0.408. The number of halogens is 3. The van der Waals surface area contributed by atoms with Crippen molar-refractivity contribution in [2.24, 2.45) is 0 Å². The van der Waals surface area contributed by atoms with Crippen LogP contribution in [0.2, 0.25) is 15.6 Å². The summed E-state index contributed by atoms with van der Waals surface area (Å²) in [6.45, 7) is 1.86. The summed E-state index contributed by atoms with van der Waals surface area (Å²) in [5.41, 5.74) is 1.96. The number of nitrogens with zero attached hydrogens (tertiary/aromatic N) is 3. The summed E-state index contributed by atoms with van der Waals surface area (Å²) in [5.74, 6) is 0. The number of rotatable bonds is 0. The average molecular weight is 249 g/mol. The van der Waals surface area contributed by atoms with E-state index in [0.29, 0.717) is 16.2 Å². The molecular formula is C8H4Cl3N3. The van der Waals surface area contributed by atoms with Crippen molar-refractivity contribution in [3.63, 3.8) is 0 Å². The fourth-order valence-electron chi connectivity index (χ4n) is 1.16. The Balaban J connectivity index is 2.94. The van der Waals surface area contributed by atoms with E-state index in [4.69, 9.17) is 34.8 Å². The maximum Gasteiger partial charge on any atom is 0.224 e. The van der Waals surface area contributed by atoms with Crippen molar-refractivity contribution < 1.29 is 0 Å². The monoisotopic (exact) mass is 247 g/mol. The highest BCUT2D eigenvalue weighted by molar-refractivity contribution is 6.36. The van der Waals surface area contributed by atoms with E-state index in [-0.39, 0.29) is 10.4 Å². The fourth-order valence-corrected chi connectivity index (χ4v) is 1.83. The Hall–Kier alpha value is -0.640. The van der Waals surface area contributed by atoms with Gasteiger partial charge < -0.3 is 0 Å². The van der Waals surface area contributed by atoms with Gasteiger partial charge in [0.15, 0.2) is 5.15 Å². The van der Waals surface area contributed by atoms with E-state index >= 15 is 0 Å². The van der Waals surface area contributed by atoms with Gasteiger partial charge >= 0.3 is 0 Å². The molecule has 0 unspecified atom stereocenters. The van der Waals surface area contributed by atoms with Crippen LogP contribution in [0.3, 0.4) is 0 Å². The van der Waals surface area contributed by atoms with E-state index in [1.54, 1.807) is 6.07 Å². The summed E-state index contributed by atoms with van der Waals surface area (Å²) in [7, 11) is 0. The Morgan fingerprint density at radius 1 is 1.00 bits per heavy atom. The second kappa shape index (κ2) is 3.50. The molecule has 0 N–H and O–H groups in total. The van der Waals surface area contributed by atoms with E-state index in [1.165, 1.54) is 0 Å². The third-order valence-electron chi connectivity index (χ3n) is 1.74. The van der Waals surface area contributed by atoms with Crippen LogP contribution in [0, 0.1) is 6.92 Å². The predicted octanol–water partition coefficient (Wildman–Crippen LogP) is 3.29. The first-order chi connectivity index (χ1) is 6.58. The largest absolute Gasteiger partial charge is 0.231 e. The van der Waals surface area contributed by atoms with Crippen LogP contribution in [0.25, 0.3) is 11.0 Å². The number of aryl methyl sites for hydroxylation is 1. The molecule has 2 heterocycles. The molecule has 0 fully saturated rings. The molecule has 72 valence electrons. The van der Waals surface area contributed by atoms with Crippen LogP contribution >= 0.6 is 34.8 Å². The minimum atomic E-state index is 0.106. The van der Waals surface area contributed by atoms with E-state index < -0.39 is 0 Å². The summed E-state index contributed by atoms with van der Waals surface area (Å²) in [6, 6.07) is 1.70. The van der Waals surface area contributed by atoms with Crippen LogP contribution in [0.5, 0.6) is 0 Å². The molecule has 0 atom stereocenters. The SMILES string of the molecule is Cc1cc(Cl)nc2c(Cl)nc(Cl)nc12. The predicted molar refractivity (Wildman–Crippen MR) is 57.1 cm³/mol.